The van der Waals surface area contributed by atoms with Gasteiger partial charge in [0, 0.05) is 18.1 Å². The first kappa shape index (κ1) is 19.5. The maximum Gasteiger partial charge on any atom is 0.303 e. The van der Waals surface area contributed by atoms with E-state index in [0.717, 1.165) is 37.7 Å². The summed E-state index contributed by atoms with van der Waals surface area (Å²) in [4.78, 5) is 15.2. The molecule has 4 rings (SSSR count). The van der Waals surface area contributed by atoms with Crippen molar-refractivity contribution in [1.29, 1.82) is 0 Å². The van der Waals surface area contributed by atoms with Crippen molar-refractivity contribution in [2.75, 3.05) is 7.11 Å². The number of nitrogens with zero attached hydrogens (tertiary/aromatic N) is 1. The first-order valence-electron chi connectivity index (χ1n) is 9.96. The van der Waals surface area contributed by atoms with Crippen molar-refractivity contribution in [3.63, 3.8) is 0 Å². The van der Waals surface area contributed by atoms with Gasteiger partial charge in [0.05, 0.1) is 13.2 Å². The molecule has 0 radical (unpaired) electrons. The number of carboxylic acid groups (broad SMARTS) is 1. The Hall–Kier alpha value is -2.83. The number of carbonyl (C=O) groups is 1. The van der Waals surface area contributed by atoms with E-state index in [0.29, 0.717) is 23.6 Å². The molecule has 2 aliphatic rings. The van der Waals surface area contributed by atoms with E-state index in [1.54, 1.807) is 12.1 Å². The van der Waals surface area contributed by atoms with Gasteiger partial charge in [-0.05, 0) is 62.3 Å². The smallest absolute Gasteiger partial charge is 0.303 e. The van der Waals surface area contributed by atoms with Crippen LogP contribution in [0.3, 0.4) is 0 Å². The number of fused-ring (bicyclic) bond motifs is 1. The number of ether oxygens (including phenoxy) is 3. The highest BCUT2D eigenvalue weighted by atomic mass is 19.1. The maximum atomic E-state index is 14.9. The highest BCUT2D eigenvalue weighted by molar-refractivity contribution is 5.67. The normalized spacial score (nSPS) is 18.3. The van der Waals surface area contributed by atoms with Gasteiger partial charge in [0.25, 0.3) is 0 Å². The van der Waals surface area contributed by atoms with E-state index in [1.165, 1.54) is 13.2 Å². The molecule has 7 heteroatoms. The number of aliphatic carboxylic acids is 1. The average Bonchev–Trinajstić information content (AvgIpc) is 2.69. The topological polar surface area (TPSA) is 77.9 Å². The minimum Gasteiger partial charge on any atom is -0.493 e. The first-order valence-corrected chi connectivity index (χ1v) is 9.96. The van der Waals surface area contributed by atoms with E-state index < -0.39 is 11.8 Å². The molecule has 1 N–H and O–H groups in total. The van der Waals surface area contributed by atoms with Crippen LogP contribution in [0.15, 0.2) is 24.3 Å². The second-order valence-corrected chi connectivity index (χ2v) is 7.53. The zero-order chi connectivity index (χ0) is 20.4. The van der Waals surface area contributed by atoms with Gasteiger partial charge in [-0.25, -0.2) is 9.37 Å². The SMILES string of the molecule is COc1cc(OC2CCC2)nc(-c2ccc3c(c2)CC[C@H](CCC(=O)O)O3)c1F. The Morgan fingerprint density at radius 3 is 2.83 bits per heavy atom. The number of hydrogen-bond acceptors (Lipinski definition) is 5. The van der Waals surface area contributed by atoms with Gasteiger partial charge >= 0.3 is 5.97 Å². The fraction of sp³-hybridized carbons (Fsp3) is 0.455. The van der Waals surface area contributed by atoms with Crippen LogP contribution in [0.1, 0.15) is 44.1 Å². The highest BCUT2D eigenvalue weighted by Crippen LogP contribution is 2.37. The number of pyridine rings is 1. The second kappa shape index (κ2) is 8.27. The standard InChI is InChI=1S/C22H24FNO5/c1-27-18-12-19(29-15-3-2-4-15)24-22(21(18)23)14-6-9-17-13(11-14)5-7-16(28-17)8-10-20(25)26/h6,9,11-12,15-16H,2-5,7-8,10H2,1H3,(H,25,26)/t16-/m1/s1. The van der Waals surface area contributed by atoms with Crippen LogP contribution in [-0.4, -0.2) is 35.4 Å². The zero-order valence-corrected chi connectivity index (χ0v) is 16.3. The van der Waals surface area contributed by atoms with Crippen LogP contribution < -0.4 is 14.2 Å². The lowest BCUT2D eigenvalue weighted by molar-refractivity contribution is -0.137. The minimum absolute atomic E-state index is 0.0841. The molecule has 2 aromatic rings. The molecular formula is C22H24FNO5. The maximum absolute atomic E-state index is 14.9. The molecule has 154 valence electrons. The van der Waals surface area contributed by atoms with Crippen LogP contribution in [0.2, 0.25) is 0 Å². The van der Waals surface area contributed by atoms with Crippen molar-refractivity contribution >= 4 is 5.97 Å². The van der Waals surface area contributed by atoms with Crippen LogP contribution in [0.5, 0.6) is 17.4 Å². The summed E-state index contributed by atoms with van der Waals surface area (Å²) in [6, 6.07) is 6.92. The van der Waals surface area contributed by atoms with E-state index in [1.807, 2.05) is 6.07 Å². The Balaban J connectivity index is 1.58. The van der Waals surface area contributed by atoms with E-state index in [-0.39, 0.29) is 30.1 Å². The van der Waals surface area contributed by atoms with Gasteiger partial charge in [0.2, 0.25) is 5.88 Å². The van der Waals surface area contributed by atoms with Crippen molar-refractivity contribution in [3.05, 3.63) is 35.6 Å². The molecule has 6 nitrogen and oxygen atoms in total. The summed E-state index contributed by atoms with van der Waals surface area (Å²) in [5, 5.41) is 8.85. The molecule has 1 saturated carbocycles. The Morgan fingerprint density at radius 1 is 1.31 bits per heavy atom. The molecule has 0 saturated heterocycles. The fourth-order valence-electron chi connectivity index (χ4n) is 3.62. The highest BCUT2D eigenvalue weighted by Gasteiger charge is 2.24. The van der Waals surface area contributed by atoms with Crippen LogP contribution in [0, 0.1) is 5.82 Å². The predicted octanol–water partition coefficient (Wildman–Crippen LogP) is 4.39. The molecule has 0 unspecified atom stereocenters. The van der Waals surface area contributed by atoms with Gasteiger partial charge in [-0.15, -0.1) is 0 Å². The number of carboxylic acids is 1. The summed E-state index contributed by atoms with van der Waals surface area (Å²) in [5.74, 6) is -0.166. The number of aryl methyl sites for hydroxylation is 1. The van der Waals surface area contributed by atoms with Crippen LogP contribution in [-0.2, 0) is 11.2 Å². The van der Waals surface area contributed by atoms with Gasteiger partial charge in [-0.2, -0.15) is 0 Å². The van der Waals surface area contributed by atoms with Crippen LogP contribution >= 0.6 is 0 Å². The van der Waals surface area contributed by atoms with Gasteiger partial charge < -0.3 is 19.3 Å². The van der Waals surface area contributed by atoms with Crippen LogP contribution in [0.4, 0.5) is 4.39 Å². The summed E-state index contributed by atoms with van der Waals surface area (Å²) in [6.07, 6.45) is 5.15. The fourth-order valence-corrected chi connectivity index (χ4v) is 3.62. The summed E-state index contributed by atoms with van der Waals surface area (Å²) in [6.45, 7) is 0. The molecule has 1 aliphatic carbocycles. The lowest BCUT2D eigenvalue weighted by atomic mass is 9.96. The summed E-state index contributed by atoms with van der Waals surface area (Å²) in [7, 11) is 1.42. The third-order valence-corrected chi connectivity index (χ3v) is 5.50. The molecule has 0 spiro atoms. The molecule has 1 aromatic carbocycles. The number of benzene rings is 1. The number of aromatic nitrogens is 1. The van der Waals surface area contributed by atoms with Gasteiger partial charge in [-0.1, -0.05) is 0 Å². The quantitative estimate of drug-likeness (QED) is 0.742. The molecule has 1 aromatic heterocycles. The molecule has 1 aliphatic heterocycles. The van der Waals surface area contributed by atoms with Crippen molar-refractivity contribution in [2.24, 2.45) is 0 Å². The van der Waals surface area contributed by atoms with Crippen molar-refractivity contribution < 1.29 is 28.5 Å². The molecule has 1 fully saturated rings. The van der Waals surface area contributed by atoms with E-state index >= 15 is 0 Å². The van der Waals surface area contributed by atoms with Crippen molar-refractivity contribution in [1.82, 2.24) is 4.98 Å². The van der Waals surface area contributed by atoms with Crippen molar-refractivity contribution in [2.45, 2.75) is 57.2 Å². The number of rotatable bonds is 7. The minimum atomic E-state index is -0.825. The van der Waals surface area contributed by atoms with Gasteiger partial charge in [0.15, 0.2) is 11.6 Å². The van der Waals surface area contributed by atoms with Crippen molar-refractivity contribution in [3.8, 4) is 28.6 Å². The van der Waals surface area contributed by atoms with Gasteiger partial charge in [0.1, 0.15) is 17.5 Å². The average molecular weight is 401 g/mol. The first-order chi connectivity index (χ1) is 14.0. The molecule has 1 atom stereocenters. The third-order valence-electron chi connectivity index (χ3n) is 5.50. The monoisotopic (exact) mass is 401 g/mol. The number of hydrogen-bond donors (Lipinski definition) is 1. The predicted molar refractivity (Wildman–Crippen MR) is 104 cm³/mol. The zero-order valence-electron chi connectivity index (χ0n) is 16.3. The number of halogens is 1. The lowest BCUT2D eigenvalue weighted by Crippen LogP contribution is -2.25. The summed E-state index contributed by atoms with van der Waals surface area (Å²) >= 11 is 0. The van der Waals surface area contributed by atoms with E-state index in [9.17, 15) is 9.18 Å². The molecule has 2 heterocycles. The molecule has 29 heavy (non-hydrogen) atoms. The van der Waals surface area contributed by atoms with Crippen LogP contribution in [0.25, 0.3) is 11.3 Å². The number of methoxy groups -OCH3 is 1. The Bertz CT molecular complexity index is 912. The molecular weight excluding hydrogens is 377 g/mol. The largest absolute Gasteiger partial charge is 0.493 e. The Morgan fingerprint density at radius 2 is 2.14 bits per heavy atom. The second-order valence-electron chi connectivity index (χ2n) is 7.53. The molecule has 0 amide bonds. The van der Waals surface area contributed by atoms with E-state index in [4.69, 9.17) is 19.3 Å². The molecule has 0 bridgehead atoms. The third kappa shape index (κ3) is 4.28. The lowest BCUT2D eigenvalue weighted by Gasteiger charge is -2.27. The van der Waals surface area contributed by atoms with Gasteiger partial charge in [-0.3, -0.25) is 4.79 Å². The summed E-state index contributed by atoms with van der Waals surface area (Å²) < 4.78 is 31.9. The Labute approximate surface area is 168 Å². The van der Waals surface area contributed by atoms with E-state index in [2.05, 4.69) is 4.98 Å². The Kier molecular flexibility index (Phi) is 5.56. The summed E-state index contributed by atoms with van der Waals surface area (Å²) in [5.41, 5.74) is 1.78.